The topological polar surface area (TPSA) is 20.2 Å². The molecule has 0 amide bonds. The molecule has 13 heavy (non-hydrogen) atoms. The van der Waals surface area contributed by atoms with Crippen molar-refractivity contribution in [2.45, 2.75) is 52.1 Å². The van der Waals surface area contributed by atoms with Gasteiger partial charge in [-0.3, -0.25) is 0 Å². The summed E-state index contributed by atoms with van der Waals surface area (Å²) in [6.45, 7) is 6.72. The number of hydrogen-bond acceptors (Lipinski definition) is 1. The van der Waals surface area contributed by atoms with Gasteiger partial charge in [0.25, 0.3) is 0 Å². The molecule has 2 saturated carbocycles. The fourth-order valence-corrected chi connectivity index (χ4v) is 3.37. The third kappa shape index (κ3) is 1.16. The standard InChI is InChI=1S/C12H22O/c1-4-8(2)7-12(13)9(3)10-5-6-11(10)12/h8-11,13H,4-7H2,1-3H3. The molecule has 1 nitrogen and oxygen atoms in total. The van der Waals surface area contributed by atoms with Crippen LogP contribution in [0, 0.1) is 23.7 Å². The van der Waals surface area contributed by atoms with Gasteiger partial charge in [0.1, 0.15) is 0 Å². The smallest absolute Gasteiger partial charge is 0.0709 e. The molecule has 0 radical (unpaired) electrons. The van der Waals surface area contributed by atoms with Crippen LogP contribution in [0.4, 0.5) is 0 Å². The van der Waals surface area contributed by atoms with E-state index in [4.69, 9.17) is 0 Å². The zero-order valence-electron chi connectivity index (χ0n) is 9.09. The highest BCUT2D eigenvalue weighted by atomic mass is 16.3. The van der Waals surface area contributed by atoms with Crippen LogP contribution < -0.4 is 0 Å². The molecule has 0 spiro atoms. The van der Waals surface area contributed by atoms with Crippen molar-refractivity contribution in [1.29, 1.82) is 0 Å². The van der Waals surface area contributed by atoms with E-state index in [9.17, 15) is 5.11 Å². The zero-order valence-corrected chi connectivity index (χ0v) is 9.09. The first kappa shape index (κ1) is 9.51. The first-order valence-corrected chi connectivity index (χ1v) is 5.82. The van der Waals surface area contributed by atoms with Crippen LogP contribution in [0.3, 0.4) is 0 Å². The SMILES string of the molecule is CCC(C)CC1(O)C(C)C2CCC21. The fourth-order valence-electron chi connectivity index (χ4n) is 3.37. The van der Waals surface area contributed by atoms with E-state index in [-0.39, 0.29) is 5.60 Å². The molecule has 2 aliphatic rings. The molecule has 1 N–H and O–H groups in total. The average molecular weight is 182 g/mol. The highest BCUT2D eigenvalue weighted by Gasteiger charge is 2.62. The molecule has 5 unspecified atom stereocenters. The van der Waals surface area contributed by atoms with Crippen molar-refractivity contribution >= 4 is 0 Å². The van der Waals surface area contributed by atoms with E-state index in [2.05, 4.69) is 20.8 Å². The largest absolute Gasteiger partial charge is 0.389 e. The van der Waals surface area contributed by atoms with Crippen LogP contribution in [0.25, 0.3) is 0 Å². The van der Waals surface area contributed by atoms with Crippen LogP contribution in [-0.4, -0.2) is 10.7 Å². The Hall–Kier alpha value is -0.0400. The Labute approximate surface area is 81.5 Å². The average Bonchev–Trinajstić information content (AvgIpc) is 2.01. The van der Waals surface area contributed by atoms with Crippen molar-refractivity contribution in [2.24, 2.45) is 23.7 Å². The van der Waals surface area contributed by atoms with Gasteiger partial charge in [-0.1, -0.05) is 27.2 Å². The zero-order chi connectivity index (χ0) is 9.64. The van der Waals surface area contributed by atoms with E-state index in [1.165, 1.54) is 19.3 Å². The third-order valence-electron chi connectivity index (χ3n) is 4.77. The van der Waals surface area contributed by atoms with Gasteiger partial charge in [0, 0.05) is 0 Å². The minimum Gasteiger partial charge on any atom is -0.389 e. The van der Waals surface area contributed by atoms with Gasteiger partial charge >= 0.3 is 0 Å². The minimum atomic E-state index is -0.279. The Balaban J connectivity index is 1.96. The number of fused-ring (bicyclic) bond motifs is 1. The van der Waals surface area contributed by atoms with E-state index in [0.29, 0.717) is 17.8 Å². The minimum absolute atomic E-state index is 0.279. The lowest BCUT2D eigenvalue weighted by atomic mass is 9.43. The van der Waals surface area contributed by atoms with Gasteiger partial charge in [0.2, 0.25) is 0 Å². The van der Waals surface area contributed by atoms with Gasteiger partial charge in [0.15, 0.2) is 0 Å². The Kier molecular flexibility index (Phi) is 2.18. The van der Waals surface area contributed by atoms with Gasteiger partial charge < -0.3 is 5.11 Å². The highest BCUT2D eigenvalue weighted by Crippen LogP contribution is 2.62. The fraction of sp³-hybridized carbons (Fsp3) is 1.00. The molecular weight excluding hydrogens is 160 g/mol. The monoisotopic (exact) mass is 182 g/mol. The second kappa shape index (κ2) is 2.98. The third-order valence-corrected chi connectivity index (χ3v) is 4.77. The summed E-state index contributed by atoms with van der Waals surface area (Å²) in [6, 6.07) is 0. The molecule has 5 atom stereocenters. The van der Waals surface area contributed by atoms with E-state index < -0.39 is 0 Å². The molecule has 76 valence electrons. The Morgan fingerprint density at radius 2 is 2.15 bits per heavy atom. The number of aliphatic hydroxyl groups is 1. The van der Waals surface area contributed by atoms with Crippen LogP contribution in [0.2, 0.25) is 0 Å². The van der Waals surface area contributed by atoms with Crippen LogP contribution >= 0.6 is 0 Å². The summed E-state index contributed by atoms with van der Waals surface area (Å²) in [6.07, 6.45) is 4.88. The molecule has 2 aliphatic carbocycles. The van der Waals surface area contributed by atoms with E-state index in [1.807, 2.05) is 0 Å². The van der Waals surface area contributed by atoms with Crippen molar-refractivity contribution in [1.82, 2.24) is 0 Å². The summed E-state index contributed by atoms with van der Waals surface area (Å²) in [5, 5.41) is 10.5. The molecule has 0 aromatic rings. The number of rotatable bonds is 3. The van der Waals surface area contributed by atoms with Crippen molar-refractivity contribution in [3.63, 3.8) is 0 Å². The maximum absolute atomic E-state index is 10.5. The predicted octanol–water partition coefficient (Wildman–Crippen LogP) is 2.83. The summed E-state index contributed by atoms with van der Waals surface area (Å²) in [5.74, 6) is 2.79. The Morgan fingerprint density at radius 3 is 2.54 bits per heavy atom. The van der Waals surface area contributed by atoms with Crippen LogP contribution in [0.5, 0.6) is 0 Å². The molecular formula is C12H22O. The highest BCUT2D eigenvalue weighted by molar-refractivity contribution is 5.12. The van der Waals surface area contributed by atoms with Gasteiger partial charge in [0.05, 0.1) is 5.60 Å². The number of hydrogen-bond donors (Lipinski definition) is 1. The molecule has 2 fully saturated rings. The summed E-state index contributed by atoms with van der Waals surface area (Å²) < 4.78 is 0. The Morgan fingerprint density at radius 1 is 1.46 bits per heavy atom. The van der Waals surface area contributed by atoms with Crippen LogP contribution in [0.15, 0.2) is 0 Å². The summed E-state index contributed by atoms with van der Waals surface area (Å²) >= 11 is 0. The summed E-state index contributed by atoms with van der Waals surface area (Å²) in [4.78, 5) is 0. The molecule has 0 aromatic carbocycles. The molecule has 0 bridgehead atoms. The molecule has 1 heteroatoms. The predicted molar refractivity (Wildman–Crippen MR) is 54.4 cm³/mol. The van der Waals surface area contributed by atoms with Gasteiger partial charge in [-0.25, -0.2) is 0 Å². The maximum atomic E-state index is 10.5. The second-order valence-electron chi connectivity index (χ2n) is 5.35. The van der Waals surface area contributed by atoms with E-state index in [1.54, 1.807) is 0 Å². The second-order valence-corrected chi connectivity index (χ2v) is 5.35. The van der Waals surface area contributed by atoms with Crippen molar-refractivity contribution in [3.8, 4) is 0 Å². The van der Waals surface area contributed by atoms with Crippen molar-refractivity contribution < 1.29 is 5.11 Å². The molecule has 2 rings (SSSR count). The van der Waals surface area contributed by atoms with Crippen molar-refractivity contribution in [3.05, 3.63) is 0 Å². The lowest BCUT2D eigenvalue weighted by Crippen LogP contribution is -2.66. The first-order valence-electron chi connectivity index (χ1n) is 5.82. The molecule has 0 heterocycles. The van der Waals surface area contributed by atoms with E-state index in [0.717, 1.165) is 12.3 Å². The maximum Gasteiger partial charge on any atom is 0.0709 e. The van der Waals surface area contributed by atoms with Crippen LogP contribution in [-0.2, 0) is 0 Å². The van der Waals surface area contributed by atoms with E-state index >= 15 is 0 Å². The summed E-state index contributed by atoms with van der Waals surface area (Å²) in [5.41, 5.74) is -0.279. The van der Waals surface area contributed by atoms with Crippen molar-refractivity contribution in [2.75, 3.05) is 0 Å². The molecule has 0 aliphatic heterocycles. The van der Waals surface area contributed by atoms with Crippen LogP contribution in [0.1, 0.15) is 46.5 Å². The lowest BCUT2D eigenvalue weighted by molar-refractivity contribution is -0.244. The normalized spacial score (nSPS) is 50.3. The van der Waals surface area contributed by atoms with Gasteiger partial charge in [-0.05, 0) is 42.9 Å². The quantitative estimate of drug-likeness (QED) is 0.711. The first-order chi connectivity index (χ1) is 6.09. The lowest BCUT2D eigenvalue weighted by Gasteiger charge is -2.64. The van der Waals surface area contributed by atoms with Gasteiger partial charge in [-0.15, -0.1) is 0 Å². The van der Waals surface area contributed by atoms with Gasteiger partial charge in [-0.2, -0.15) is 0 Å². The summed E-state index contributed by atoms with van der Waals surface area (Å²) in [7, 11) is 0. The molecule has 0 aromatic heterocycles. The molecule has 0 saturated heterocycles. The Bertz CT molecular complexity index is 193.